The van der Waals surface area contributed by atoms with Crippen LogP contribution in [0, 0.1) is 5.92 Å². The molecule has 1 saturated heterocycles. The summed E-state index contributed by atoms with van der Waals surface area (Å²) >= 11 is 0. The van der Waals surface area contributed by atoms with Crippen molar-refractivity contribution in [2.45, 2.75) is 45.4 Å². The minimum Gasteiger partial charge on any atom is -0.477 e. The summed E-state index contributed by atoms with van der Waals surface area (Å²) in [5.41, 5.74) is 0.132. The number of unbranched alkanes of at least 4 members (excludes halogenated alkanes) is 3. The second-order valence-electron chi connectivity index (χ2n) is 6.68. The molecule has 0 saturated carbocycles. The van der Waals surface area contributed by atoms with Gasteiger partial charge in [-0.05, 0) is 31.4 Å². The predicted octanol–water partition coefficient (Wildman–Crippen LogP) is 2.33. The van der Waals surface area contributed by atoms with Gasteiger partial charge >= 0.3 is 5.97 Å². The minimum atomic E-state index is -1.17. The van der Waals surface area contributed by atoms with Crippen molar-refractivity contribution in [3.05, 3.63) is 29.6 Å². The average molecular weight is 361 g/mol. The summed E-state index contributed by atoms with van der Waals surface area (Å²) in [6.45, 7) is 3.76. The Bertz CT molecular complexity index is 647. The van der Waals surface area contributed by atoms with Gasteiger partial charge in [-0.3, -0.25) is 9.59 Å². The van der Waals surface area contributed by atoms with Crippen molar-refractivity contribution in [2.75, 3.05) is 19.6 Å². The molecule has 2 amide bonds. The number of carboxylic acid groups (broad SMARTS) is 1. The van der Waals surface area contributed by atoms with Gasteiger partial charge in [0.1, 0.15) is 5.69 Å². The molecule has 0 bridgehead atoms. The van der Waals surface area contributed by atoms with E-state index >= 15 is 0 Å². The number of aromatic nitrogens is 1. The maximum atomic E-state index is 12.6. The van der Waals surface area contributed by atoms with Crippen molar-refractivity contribution in [1.29, 1.82) is 0 Å². The Morgan fingerprint density at radius 1 is 1.31 bits per heavy atom. The van der Waals surface area contributed by atoms with E-state index in [2.05, 4.69) is 17.2 Å². The fourth-order valence-electron chi connectivity index (χ4n) is 3.15. The SMILES string of the molecule is CCCCCCNC(=O)C1CCCN(C(=O)c2ccnc(C(=O)O)c2)C1. The van der Waals surface area contributed by atoms with Gasteiger partial charge in [0.15, 0.2) is 0 Å². The van der Waals surface area contributed by atoms with Crippen LogP contribution >= 0.6 is 0 Å². The number of rotatable bonds is 8. The van der Waals surface area contributed by atoms with E-state index in [1.165, 1.54) is 24.8 Å². The monoisotopic (exact) mass is 361 g/mol. The van der Waals surface area contributed by atoms with Crippen molar-refractivity contribution in [3.8, 4) is 0 Å². The molecule has 2 N–H and O–H groups in total. The molecule has 1 aliphatic rings. The van der Waals surface area contributed by atoms with Crippen LogP contribution in [0.4, 0.5) is 0 Å². The second-order valence-corrected chi connectivity index (χ2v) is 6.68. The topological polar surface area (TPSA) is 99.6 Å². The first-order valence-electron chi connectivity index (χ1n) is 9.29. The van der Waals surface area contributed by atoms with E-state index < -0.39 is 5.97 Å². The van der Waals surface area contributed by atoms with E-state index in [1.54, 1.807) is 4.90 Å². The Morgan fingerprint density at radius 2 is 2.12 bits per heavy atom. The molecule has 1 unspecified atom stereocenters. The summed E-state index contributed by atoms with van der Waals surface area (Å²) in [4.78, 5) is 41.4. The molecule has 0 aliphatic carbocycles. The molecule has 1 aliphatic heterocycles. The van der Waals surface area contributed by atoms with Gasteiger partial charge in [0.2, 0.25) is 5.91 Å². The van der Waals surface area contributed by atoms with Gasteiger partial charge in [0, 0.05) is 31.4 Å². The van der Waals surface area contributed by atoms with Crippen LogP contribution in [0.5, 0.6) is 0 Å². The smallest absolute Gasteiger partial charge is 0.354 e. The number of hydrogen-bond donors (Lipinski definition) is 2. The van der Waals surface area contributed by atoms with Crippen LogP contribution in [0.2, 0.25) is 0 Å². The summed E-state index contributed by atoms with van der Waals surface area (Å²) in [6.07, 6.45) is 7.26. The van der Waals surface area contributed by atoms with Crippen LogP contribution in [-0.2, 0) is 4.79 Å². The lowest BCUT2D eigenvalue weighted by Crippen LogP contribution is -2.45. The molecule has 7 heteroatoms. The third-order valence-electron chi connectivity index (χ3n) is 4.63. The number of pyridine rings is 1. The molecular weight excluding hydrogens is 334 g/mol. The predicted molar refractivity (Wildman–Crippen MR) is 97.0 cm³/mol. The third-order valence-corrected chi connectivity index (χ3v) is 4.63. The summed E-state index contributed by atoms with van der Waals surface area (Å²) in [6, 6.07) is 2.79. The van der Waals surface area contributed by atoms with E-state index in [9.17, 15) is 14.4 Å². The lowest BCUT2D eigenvalue weighted by atomic mass is 9.96. The fourth-order valence-corrected chi connectivity index (χ4v) is 3.15. The van der Waals surface area contributed by atoms with Crippen LogP contribution < -0.4 is 5.32 Å². The van der Waals surface area contributed by atoms with Crippen LogP contribution in [0.25, 0.3) is 0 Å². The summed E-state index contributed by atoms with van der Waals surface area (Å²) in [7, 11) is 0. The number of hydrogen-bond acceptors (Lipinski definition) is 4. The Hall–Kier alpha value is -2.44. The summed E-state index contributed by atoms with van der Waals surface area (Å²) in [5, 5.41) is 12.0. The largest absolute Gasteiger partial charge is 0.477 e. The van der Waals surface area contributed by atoms with Gasteiger partial charge in [0.25, 0.3) is 5.91 Å². The normalized spacial score (nSPS) is 17.0. The number of carbonyl (C=O) groups is 3. The number of carbonyl (C=O) groups excluding carboxylic acids is 2. The van der Waals surface area contributed by atoms with Gasteiger partial charge in [-0.15, -0.1) is 0 Å². The summed E-state index contributed by atoms with van der Waals surface area (Å²) in [5.74, 6) is -1.63. The molecule has 0 radical (unpaired) electrons. The zero-order valence-electron chi connectivity index (χ0n) is 15.2. The van der Waals surface area contributed by atoms with Gasteiger partial charge in [0.05, 0.1) is 5.92 Å². The van der Waals surface area contributed by atoms with Gasteiger partial charge in [-0.2, -0.15) is 0 Å². The molecule has 2 heterocycles. The third kappa shape index (κ3) is 5.54. The molecule has 0 aromatic carbocycles. The highest BCUT2D eigenvalue weighted by atomic mass is 16.4. The van der Waals surface area contributed by atoms with Gasteiger partial charge < -0.3 is 15.3 Å². The van der Waals surface area contributed by atoms with Crippen LogP contribution in [0.15, 0.2) is 18.3 Å². The summed E-state index contributed by atoms with van der Waals surface area (Å²) < 4.78 is 0. The maximum absolute atomic E-state index is 12.6. The molecule has 1 fully saturated rings. The van der Waals surface area contributed by atoms with Crippen LogP contribution in [0.3, 0.4) is 0 Å². The Morgan fingerprint density at radius 3 is 2.85 bits per heavy atom. The number of amides is 2. The Balaban J connectivity index is 1.90. The van der Waals surface area contributed by atoms with Crippen molar-refractivity contribution in [3.63, 3.8) is 0 Å². The molecule has 1 atom stereocenters. The highest BCUT2D eigenvalue weighted by molar-refractivity contribution is 5.97. The molecule has 0 spiro atoms. The number of nitrogens with one attached hydrogen (secondary N) is 1. The van der Waals surface area contributed by atoms with Crippen LogP contribution in [0.1, 0.15) is 66.3 Å². The number of likely N-dealkylation sites (tertiary alicyclic amines) is 1. The van der Waals surface area contributed by atoms with Crippen LogP contribution in [-0.4, -0.2) is 52.4 Å². The van der Waals surface area contributed by atoms with Crippen molar-refractivity contribution in [2.24, 2.45) is 5.92 Å². The van der Waals surface area contributed by atoms with E-state index in [-0.39, 0.29) is 29.0 Å². The Labute approximate surface area is 153 Å². The number of piperidine rings is 1. The minimum absolute atomic E-state index is 0.0000446. The van der Waals surface area contributed by atoms with Crippen molar-refractivity contribution in [1.82, 2.24) is 15.2 Å². The highest BCUT2D eigenvalue weighted by Crippen LogP contribution is 2.19. The van der Waals surface area contributed by atoms with Gasteiger partial charge in [-0.25, -0.2) is 9.78 Å². The molecule has 26 heavy (non-hydrogen) atoms. The van der Waals surface area contributed by atoms with E-state index in [0.29, 0.717) is 19.6 Å². The molecular formula is C19H27N3O4. The first-order valence-corrected chi connectivity index (χ1v) is 9.29. The second kappa shape index (κ2) is 9.89. The number of nitrogens with zero attached hydrogens (tertiary/aromatic N) is 2. The molecule has 2 rings (SSSR count). The fraction of sp³-hybridized carbons (Fsp3) is 0.579. The average Bonchev–Trinajstić information content (AvgIpc) is 2.67. The lowest BCUT2D eigenvalue weighted by Gasteiger charge is -2.32. The molecule has 1 aromatic rings. The Kier molecular flexibility index (Phi) is 7.56. The molecule has 142 valence electrons. The van der Waals surface area contributed by atoms with E-state index in [0.717, 1.165) is 32.1 Å². The lowest BCUT2D eigenvalue weighted by molar-refractivity contribution is -0.126. The number of carboxylic acids is 1. The zero-order valence-corrected chi connectivity index (χ0v) is 15.2. The van der Waals surface area contributed by atoms with Crippen molar-refractivity contribution < 1.29 is 19.5 Å². The quantitative estimate of drug-likeness (QED) is 0.692. The first kappa shape index (κ1) is 19.9. The zero-order chi connectivity index (χ0) is 18.9. The standard InChI is InChI=1S/C19H27N3O4/c1-2-3-4-5-9-21-17(23)15-7-6-11-22(13-15)18(24)14-8-10-20-16(12-14)19(25)26/h8,10,12,15H,2-7,9,11,13H2,1H3,(H,21,23)(H,25,26). The maximum Gasteiger partial charge on any atom is 0.354 e. The first-order chi connectivity index (χ1) is 12.5. The molecule has 1 aromatic heterocycles. The highest BCUT2D eigenvalue weighted by Gasteiger charge is 2.29. The molecule has 7 nitrogen and oxygen atoms in total. The van der Waals surface area contributed by atoms with E-state index in [1.807, 2.05) is 0 Å². The van der Waals surface area contributed by atoms with Gasteiger partial charge in [-0.1, -0.05) is 26.2 Å². The van der Waals surface area contributed by atoms with Crippen molar-refractivity contribution >= 4 is 17.8 Å². The number of aromatic carboxylic acids is 1. The van der Waals surface area contributed by atoms with E-state index in [4.69, 9.17) is 5.11 Å².